The zero-order valence-corrected chi connectivity index (χ0v) is 15.8. The standard InChI is InChI=1S/C16H19N5O3S2/c1-7-2-3-8-9(4-7)26-15(13(8)14(18)24)20-12(23)6-25-16-19-10(17)5-11(22)21-16/h5,7H,2-4,6H2,1H3,(H2,18,24)(H,20,23)(H3,17,19,21,22). The number of nitrogens with one attached hydrogen (secondary N) is 2. The molecule has 0 aromatic carbocycles. The lowest BCUT2D eigenvalue weighted by Gasteiger charge is -2.18. The monoisotopic (exact) mass is 393 g/mol. The summed E-state index contributed by atoms with van der Waals surface area (Å²) in [5, 5.41) is 3.53. The number of H-pyrrole nitrogens is 1. The van der Waals surface area contributed by atoms with Crippen LogP contribution in [0.3, 0.4) is 0 Å². The molecule has 0 radical (unpaired) electrons. The van der Waals surface area contributed by atoms with E-state index >= 15 is 0 Å². The average Bonchev–Trinajstić information content (AvgIpc) is 2.89. The molecule has 1 aliphatic rings. The molecule has 26 heavy (non-hydrogen) atoms. The molecule has 2 heterocycles. The number of anilines is 2. The van der Waals surface area contributed by atoms with Gasteiger partial charge in [0.2, 0.25) is 5.91 Å². The molecule has 0 fully saturated rings. The Morgan fingerprint density at radius 1 is 1.50 bits per heavy atom. The van der Waals surface area contributed by atoms with Crippen LogP contribution < -0.4 is 22.3 Å². The van der Waals surface area contributed by atoms with Crippen molar-refractivity contribution in [1.29, 1.82) is 0 Å². The Labute approximate surface area is 157 Å². The Morgan fingerprint density at radius 2 is 2.27 bits per heavy atom. The number of hydrogen-bond acceptors (Lipinski definition) is 7. The largest absolute Gasteiger partial charge is 0.383 e. The molecule has 0 saturated heterocycles. The summed E-state index contributed by atoms with van der Waals surface area (Å²) in [6.45, 7) is 2.17. The number of nitrogen functional groups attached to an aromatic ring is 1. The number of hydrogen-bond donors (Lipinski definition) is 4. The van der Waals surface area contributed by atoms with E-state index in [0.29, 0.717) is 16.5 Å². The summed E-state index contributed by atoms with van der Waals surface area (Å²) in [7, 11) is 0. The zero-order chi connectivity index (χ0) is 18.8. The molecule has 138 valence electrons. The molecular weight excluding hydrogens is 374 g/mol. The minimum atomic E-state index is -0.526. The van der Waals surface area contributed by atoms with Crippen molar-refractivity contribution in [3.63, 3.8) is 0 Å². The van der Waals surface area contributed by atoms with Crippen LogP contribution in [0.15, 0.2) is 16.0 Å². The molecule has 10 heteroatoms. The Morgan fingerprint density at radius 3 is 2.96 bits per heavy atom. The highest BCUT2D eigenvalue weighted by Gasteiger charge is 2.27. The molecule has 2 aromatic heterocycles. The summed E-state index contributed by atoms with van der Waals surface area (Å²) in [5.74, 6) is -0.181. The Balaban J connectivity index is 1.73. The number of aromatic nitrogens is 2. The van der Waals surface area contributed by atoms with Gasteiger partial charge in [-0.25, -0.2) is 4.98 Å². The van der Waals surface area contributed by atoms with Crippen LogP contribution >= 0.6 is 23.1 Å². The van der Waals surface area contributed by atoms with Gasteiger partial charge in [-0.3, -0.25) is 14.4 Å². The first-order valence-electron chi connectivity index (χ1n) is 8.07. The fourth-order valence-corrected chi connectivity index (χ4v) is 5.03. The van der Waals surface area contributed by atoms with E-state index in [0.717, 1.165) is 41.5 Å². The number of nitrogens with two attached hydrogens (primary N) is 2. The topological polar surface area (TPSA) is 144 Å². The summed E-state index contributed by atoms with van der Waals surface area (Å²) in [6, 6.07) is 1.17. The second-order valence-electron chi connectivity index (χ2n) is 6.23. The summed E-state index contributed by atoms with van der Waals surface area (Å²) in [4.78, 5) is 43.1. The fourth-order valence-electron chi connectivity index (χ4n) is 2.92. The van der Waals surface area contributed by atoms with Gasteiger partial charge in [-0.2, -0.15) is 0 Å². The van der Waals surface area contributed by atoms with Crippen LogP contribution in [0.25, 0.3) is 0 Å². The van der Waals surface area contributed by atoms with Crippen molar-refractivity contribution < 1.29 is 9.59 Å². The SMILES string of the molecule is CC1CCc2c(sc(NC(=O)CSc3nc(N)cc(=O)[nH]3)c2C(N)=O)C1. The van der Waals surface area contributed by atoms with Gasteiger partial charge in [0.05, 0.1) is 11.3 Å². The summed E-state index contributed by atoms with van der Waals surface area (Å²) in [5.41, 5.74) is 12.1. The smallest absolute Gasteiger partial charge is 0.253 e. The minimum absolute atomic E-state index is 0.0174. The molecule has 0 aliphatic heterocycles. The summed E-state index contributed by atoms with van der Waals surface area (Å²) >= 11 is 2.47. The van der Waals surface area contributed by atoms with E-state index in [1.807, 2.05) is 0 Å². The molecule has 3 rings (SSSR count). The van der Waals surface area contributed by atoms with Crippen LogP contribution in [-0.4, -0.2) is 27.5 Å². The number of amides is 2. The number of thioether (sulfide) groups is 1. The second-order valence-corrected chi connectivity index (χ2v) is 8.30. The molecule has 0 bridgehead atoms. The number of rotatable bonds is 5. The van der Waals surface area contributed by atoms with Crippen molar-refractivity contribution in [2.75, 3.05) is 16.8 Å². The lowest BCUT2D eigenvalue weighted by atomic mass is 9.88. The third-order valence-electron chi connectivity index (χ3n) is 4.09. The third-order valence-corrected chi connectivity index (χ3v) is 6.13. The lowest BCUT2D eigenvalue weighted by Crippen LogP contribution is -2.20. The summed E-state index contributed by atoms with van der Waals surface area (Å²) < 4.78 is 0. The normalized spacial score (nSPS) is 16.1. The predicted octanol–water partition coefficient (Wildman–Crippen LogP) is 1.37. The molecule has 2 aromatic rings. The number of fused-ring (bicyclic) bond motifs is 1. The van der Waals surface area contributed by atoms with Crippen LogP contribution in [0.5, 0.6) is 0 Å². The van der Waals surface area contributed by atoms with E-state index in [-0.39, 0.29) is 28.2 Å². The first-order valence-corrected chi connectivity index (χ1v) is 9.87. The third kappa shape index (κ3) is 4.07. The molecule has 8 nitrogen and oxygen atoms in total. The van der Waals surface area contributed by atoms with Crippen molar-refractivity contribution >= 4 is 45.7 Å². The fraction of sp³-hybridized carbons (Fsp3) is 0.375. The predicted molar refractivity (Wildman–Crippen MR) is 103 cm³/mol. The van der Waals surface area contributed by atoms with Gasteiger partial charge < -0.3 is 21.8 Å². The van der Waals surface area contributed by atoms with Gasteiger partial charge in [0, 0.05) is 10.9 Å². The van der Waals surface area contributed by atoms with Crippen LogP contribution in [-0.2, 0) is 17.6 Å². The molecule has 0 saturated carbocycles. The Kier molecular flexibility index (Phi) is 5.33. The average molecular weight is 393 g/mol. The van der Waals surface area contributed by atoms with Gasteiger partial charge in [-0.1, -0.05) is 18.7 Å². The van der Waals surface area contributed by atoms with Gasteiger partial charge in [0.15, 0.2) is 5.16 Å². The van der Waals surface area contributed by atoms with Gasteiger partial charge >= 0.3 is 0 Å². The minimum Gasteiger partial charge on any atom is -0.383 e. The van der Waals surface area contributed by atoms with E-state index in [4.69, 9.17) is 11.5 Å². The first kappa shape index (κ1) is 18.5. The molecule has 2 amide bonds. The first-order chi connectivity index (χ1) is 12.3. The van der Waals surface area contributed by atoms with Gasteiger partial charge in [-0.15, -0.1) is 11.3 Å². The molecule has 1 aliphatic carbocycles. The van der Waals surface area contributed by atoms with Crippen molar-refractivity contribution in [3.8, 4) is 0 Å². The maximum atomic E-state index is 12.3. The Hall–Kier alpha value is -2.33. The van der Waals surface area contributed by atoms with E-state index in [9.17, 15) is 14.4 Å². The van der Waals surface area contributed by atoms with Gasteiger partial charge in [0.25, 0.3) is 11.5 Å². The maximum absolute atomic E-state index is 12.3. The highest BCUT2D eigenvalue weighted by atomic mass is 32.2. The number of carbonyl (C=O) groups is 2. The zero-order valence-electron chi connectivity index (χ0n) is 14.1. The van der Waals surface area contributed by atoms with Crippen molar-refractivity contribution in [2.24, 2.45) is 11.7 Å². The van der Waals surface area contributed by atoms with Gasteiger partial charge in [0.1, 0.15) is 10.8 Å². The van der Waals surface area contributed by atoms with E-state index in [1.54, 1.807) is 0 Å². The molecule has 1 unspecified atom stereocenters. The van der Waals surface area contributed by atoms with Crippen LogP contribution in [0.1, 0.15) is 34.1 Å². The Bertz CT molecular complexity index is 921. The molecule has 0 spiro atoms. The van der Waals surface area contributed by atoms with E-state index < -0.39 is 5.91 Å². The summed E-state index contributed by atoms with van der Waals surface area (Å²) in [6.07, 6.45) is 2.69. The number of primary amides is 1. The molecule has 1 atom stereocenters. The van der Waals surface area contributed by atoms with Crippen LogP contribution in [0.2, 0.25) is 0 Å². The molecular formula is C16H19N5O3S2. The maximum Gasteiger partial charge on any atom is 0.253 e. The highest BCUT2D eigenvalue weighted by molar-refractivity contribution is 7.99. The molecule has 6 N–H and O–H groups in total. The van der Waals surface area contributed by atoms with E-state index in [1.165, 1.54) is 17.4 Å². The highest BCUT2D eigenvalue weighted by Crippen LogP contribution is 2.39. The quantitative estimate of drug-likeness (QED) is 0.446. The van der Waals surface area contributed by atoms with Crippen LogP contribution in [0.4, 0.5) is 10.8 Å². The number of thiophene rings is 1. The second kappa shape index (κ2) is 7.50. The number of nitrogens with zero attached hydrogens (tertiary/aromatic N) is 1. The van der Waals surface area contributed by atoms with E-state index in [2.05, 4.69) is 22.2 Å². The lowest BCUT2D eigenvalue weighted by molar-refractivity contribution is -0.113. The van der Waals surface area contributed by atoms with Gasteiger partial charge in [-0.05, 0) is 30.7 Å². The van der Waals surface area contributed by atoms with Crippen molar-refractivity contribution in [2.45, 2.75) is 31.3 Å². The van der Waals surface area contributed by atoms with Crippen LogP contribution in [0, 0.1) is 5.92 Å². The van der Waals surface area contributed by atoms with Crippen molar-refractivity contribution in [3.05, 3.63) is 32.4 Å². The number of aromatic amines is 1. The van der Waals surface area contributed by atoms with Crippen molar-refractivity contribution in [1.82, 2.24) is 9.97 Å². The number of carbonyl (C=O) groups excluding carboxylic acids is 2.